The van der Waals surface area contributed by atoms with Crippen LogP contribution in [-0.2, 0) is 3.80 Å². The molecule has 0 spiro atoms. The fourth-order valence-electron chi connectivity index (χ4n) is 0. The van der Waals surface area contributed by atoms with Gasteiger partial charge in [0.15, 0.2) is 0 Å². The molecule has 0 saturated heterocycles. The molecule has 40 valence electrons. The van der Waals surface area contributed by atoms with Crippen LogP contribution in [0.1, 0.15) is 0 Å². The van der Waals surface area contributed by atoms with Crippen molar-refractivity contribution >= 4 is 15.5 Å². The first-order valence-corrected chi connectivity index (χ1v) is 1.41. The molecule has 5 nitrogen and oxygen atoms in total. The summed E-state index contributed by atoms with van der Waals surface area (Å²) in [5, 5.41) is 0. The van der Waals surface area contributed by atoms with Gasteiger partial charge in [-0.15, -0.1) is 0 Å². The maximum atomic E-state index is 8.46. The van der Waals surface area contributed by atoms with Crippen molar-refractivity contribution in [2.24, 2.45) is 0 Å². The molecule has 7 heteroatoms. The van der Waals surface area contributed by atoms with E-state index in [1.54, 1.807) is 0 Å². The molecule has 0 amide bonds. The summed E-state index contributed by atoms with van der Waals surface area (Å²) < 4.78 is 16.9. The van der Waals surface area contributed by atoms with E-state index >= 15 is 0 Å². The second-order valence-electron chi connectivity index (χ2n) is 0.0962. The quantitative estimate of drug-likeness (QED) is 0.306. The molecular weight excluding hydrogens is 130 g/mol. The van der Waals surface area contributed by atoms with Gasteiger partial charge in [-0.25, -0.2) is 0 Å². The average molecular weight is 136 g/mol. The van der Waals surface area contributed by atoms with Gasteiger partial charge in [0.1, 0.15) is 0 Å². The molecule has 0 unspecified atom stereocenters. The van der Waals surface area contributed by atoms with Crippen molar-refractivity contribution in [1.29, 1.82) is 0 Å². The zero-order valence-corrected chi connectivity index (χ0v) is 7.05. The van der Waals surface area contributed by atoms with Crippen LogP contribution in [0.25, 0.3) is 0 Å². The minimum absolute atomic E-state index is 0. The molecule has 6 N–H and O–H groups in total. The molecule has 0 bridgehead atoms. The summed E-state index contributed by atoms with van der Waals surface area (Å²) in [6.45, 7) is 0. The van der Waals surface area contributed by atoms with Gasteiger partial charge in [-0.1, -0.05) is 0 Å². The molecule has 0 saturated carbocycles. The van der Waals surface area contributed by atoms with Crippen molar-refractivity contribution in [2.45, 2.75) is 0 Å². The third-order valence-electron chi connectivity index (χ3n) is 0. The Morgan fingerprint density at radius 2 is 1.14 bits per heavy atom. The van der Waals surface area contributed by atoms with Crippen LogP contribution in [0.5, 0.6) is 0 Å². The van der Waals surface area contributed by atoms with Crippen LogP contribution in [0.15, 0.2) is 0 Å². The summed E-state index contributed by atoms with van der Waals surface area (Å²) >= 11 is -1.75. The summed E-state index contributed by atoms with van der Waals surface area (Å²) in [5.41, 5.74) is 0. The van der Waals surface area contributed by atoms with Crippen molar-refractivity contribution in [1.82, 2.24) is 0 Å². The summed E-state index contributed by atoms with van der Waals surface area (Å²) in [5.74, 6) is 0. The topological polar surface area (TPSA) is 135 Å². The Labute approximate surface area is 69.2 Å². The van der Waals surface area contributed by atoms with E-state index in [1.165, 1.54) is 0 Å². The van der Waals surface area contributed by atoms with Crippen molar-refractivity contribution in [2.75, 3.05) is 0 Å². The molecule has 0 atom stereocenters. The molecule has 0 aliphatic heterocycles. The van der Waals surface area contributed by atoms with Crippen LogP contribution in [0, 0.1) is 0 Å². The first kappa shape index (κ1) is 43.4. The van der Waals surface area contributed by atoms with Gasteiger partial charge in [0.05, 0.1) is 0 Å². The van der Waals surface area contributed by atoms with E-state index in [1.807, 2.05) is 0 Å². The van der Waals surface area contributed by atoms with Gasteiger partial charge in [-0.3, -0.25) is 0 Å². The Morgan fingerprint density at radius 3 is 1.14 bits per heavy atom. The van der Waals surface area contributed by atoms with E-state index < -0.39 is 15.5 Å². The molecule has 0 aromatic rings. The summed E-state index contributed by atoms with van der Waals surface area (Å²) in [4.78, 5) is 0. The second-order valence-corrected chi connectivity index (χ2v) is 0.289. The molecule has 0 rings (SSSR count). The van der Waals surface area contributed by atoms with Crippen LogP contribution in [0.4, 0.5) is 0 Å². The van der Waals surface area contributed by atoms with Crippen LogP contribution >= 0.6 is 0 Å². The van der Waals surface area contributed by atoms with Crippen LogP contribution in [0.2, 0.25) is 0 Å². The second kappa shape index (κ2) is 62.6. The zero-order chi connectivity index (χ0) is 2.71. The Hall–Kier alpha value is 1.01. The van der Waals surface area contributed by atoms with E-state index in [9.17, 15) is 0 Å². The molecule has 0 radical (unpaired) electrons. The third-order valence-corrected chi connectivity index (χ3v) is 0. The van der Waals surface area contributed by atoms with Crippen LogP contribution in [0.3, 0.4) is 0 Å². The fraction of sp³-hybridized carbons (Fsp3) is 0. The molecule has 0 aliphatic carbocycles. The third kappa shape index (κ3) is 172. The standard InChI is InChI=1S/Al.Na.3H2O.2O/h;;3*1H2;;/q;+1;;;;;-1. The number of rotatable bonds is 0. The Kier molecular flexibility index (Phi) is 388. The predicted molar refractivity (Wildman–Crippen MR) is 17.3 cm³/mol. The molecule has 0 aliphatic rings. The monoisotopic (exact) mass is 136 g/mol. The minimum atomic E-state index is -1.75. The normalized spacial score (nSPS) is 1.14. The van der Waals surface area contributed by atoms with E-state index in [-0.39, 0.29) is 46.0 Å². The van der Waals surface area contributed by atoms with Gasteiger partial charge in [0, 0.05) is 0 Å². The molecule has 0 aromatic carbocycles. The van der Waals surface area contributed by atoms with Gasteiger partial charge in [0.25, 0.3) is 0 Å². The maximum absolute atomic E-state index is 8.46. The first-order valence-electron chi connectivity index (χ1n) is 0.471. The molecular formula is H6AlNaO5. The number of hydrogen-bond donors (Lipinski definition) is 0. The Bertz CT molecular complexity index is 15.6. The van der Waals surface area contributed by atoms with E-state index in [0.717, 1.165) is 0 Å². The van der Waals surface area contributed by atoms with Gasteiger partial charge in [0.2, 0.25) is 0 Å². The molecule has 0 aromatic heterocycles. The van der Waals surface area contributed by atoms with E-state index in [2.05, 4.69) is 0 Å². The van der Waals surface area contributed by atoms with Crippen molar-refractivity contribution in [3.63, 3.8) is 0 Å². The van der Waals surface area contributed by atoms with E-state index in [0.29, 0.717) is 0 Å². The molecule has 7 heavy (non-hydrogen) atoms. The molecule has 0 heterocycles. The van der Waals surface area contributed by atoms with E-state index in [4.69, 9.17) is 7.96 Å². The number of hydrogen-bond acceptors (Lipinski definition) is 2. The van der Waals surface area contributed by atoms with Gasteiger partial charge >= 0.3 is 53.0 Å². The van der Waals surface area contributed by atoms with Crippen molar-refractivity contribution in [3.8, 4) is 0 Å². The first-order chi connectivity index (χ1) is 1.41. The van der Waals surface area contributed by atoms with Gasteiger partial charge in [-0.2, -0.15) is 0 Å². The zero-order valence-electron chi connectivity index (χ0n) is 3.89. The van der Waals surface area contributed by atoms with Crippen LogP contribution in [-0.4, -0.2) is 31.9 Å². The molecule has 0 fully saturated rings. The predicted octanol–water partition coefficient (Wildman–Crippen LogP) is -7.16. The van der Waals surface area contributed by atoms with Gasteiger partial charge < -0.3 is 16.4 Å². The summed E-state index contributed by atoms with van der Waals surface area (Å²) in [6.07, 6.45) is 0. The Morgan fingerprint density at radius 1 is 1.14 bits per heavy atom. The summed E-state index contributed by atoms with van der Waals surface area (Å²) in [7, 11) is 0. The Balaban J connectivity index is -0.00000000333. The summed E-state index contributed by atoms with van der Waals surface area (Å²) in [6, 6.07) is 0. The average Bonchev–Trinajstić information content (AvgIpc) is 0.918. The van der Waals surface area contributed by atoms with Crippen molar-refractivity contribution in [3.05, 3.63) is 0 Å². The van der Waals surface area contributed by atoms with Crippen molar-refractivity contribution < 1.29 is 53.9 Å². The SMILES string of the molecule is O.O.O.[Na+].[O]=[Al][O-]. The fourth-order valence-corrected chi connectivity index (χ4v) is 0. The van der Waals surface area contributed by atoms with Crippen LogP contribution < -0.4 is 33.7 Å². The van der Waals surface area contributed by atoms with Gasteiger partial charge in [-0.05, 0) is 0 Å².